The second-order valence-corrected chi connectivity index (χ2v) is 8.05. The summed E-state index contributed by atoms with van der Waals surface area (Å²) in [6, 6.07) is 1.96. The number of hydrogen-bond acceptors (Lipinski definition) is 5. The average molecular weight is 415 g/mol. The molecule has 0 aromatic carbocycles. The second-order valence-electron chi connectivity index (χ2n) is 8.05. The standard InChI is InChI=1S/C23H26N8/c1-15(17-13-25-30(3)14-17)7-8-18-16(2)20(29-28-18)22-26-19-9-10-24-23(21(19)27-22)31-11-5-4-6-12-31/h7-10,13-14,28H,2,4-6,11-12H2,1,3H3,(H,26,27)/b15-7+,18-8+. The molecular weight excluding hydrogens is 388 g/mol. The lowest BCUT2D eigenvalue weighted by Gasteiger charge is -2.27. The molecule has 0 amide bonds. The molecule has 2 N–H and O–H groups in total. The number of anilines is 1. The molecule has 1 saturated heterocycles. The molecule has 1 fully saturated rings. The summed E-state index contributed by atoms with van der Waals surface area (Å²) >= 11 is 0. The molecule has 0 unspecified atom stereocenters. The summed E-state index contributed by atoms with van der Waals surface area (Å²) in [5.74, 6) is 1.65. The van der Waals surface area contributed by atoms with Gasteiger partial charge in [0.15, 0.2) is 11.6 Å². The first-order valence-corrected chi connectivity index (χ1v) is 10.6. The number of nitrogens with zero attached hydrogens (tertiary/aromatic N) is 6. The zero-order chi connectivity index (χ0) is 21.4. The number of aromatic amines is 2. The Balaban J connectivity index is 1.50. The van der Waals surface area contributed by atoms with Crippen LogP contribution in [-0.4, -0.2) is 48.0 Å². The van der Waals surface area contributed by atoms with Gasteiger partial charge in [-0.25, -0.2) is 9.97 Å². The van der Waals surface area contributed by atoms with Crippen LogP contribution in [0.25, 0.3) is 40.8 Å². The van der Waals surface area contributed by atoms with E-state index in [1.807, 2.05) is 43.9 Å². The van der Waals surface area contributed by atoms with E-state index in [1.165, 1.54) is 19.3 Å². The Bertz CT molecular complexity index is 1360. The number of pyridine rings is 1. The van der Waals surface area contributed by atoms with E-state index in [2.05, 4.69) is 43.7 Å². The van der Waals surface area contributed by atoms with E-state index in [1.54, 1.807) is 4.68 Å². The lowest BCUT2D eigenvalue weighted by atomic mass is 10.1. The summed E-state index contributed by atoms with van der Waals surface area (Å²) in [4.78, 5) is 15.2. The number of hydrogen-bond donors (Lipinski definition) is 2. The van der Waals surface area contributed by atoms with Gasteiger partial charge in [-0.15, -0.1) is 0 Å². The van der Waals surface area contributed by atoms with E-state index >= 15 is 0 Å². The van der Waals surface area contributed by atoms with Crippen molar-refractivity contribution in [2.45, 2.75) is 26.2 Å². The highest BCUT2D eigenvalue weighted by molar-refractivity contribution is 5.88. The molecule has 0 spiro atoms. The third kappa shape index (κ3) is 3.65. The predicted molar refractivity (Wildman–Crippen MR) is 124 cm³/mol. The Morgan fingerprint density at radius 2 is 2.06 bits per heavy atom. The molecule has 4 aromatic rings. The van der Waals surface area contributed by atoms with Gasteiger partial charge in [0.25, 0.3) is 0 Å². The van der Waals surface area contributed by atoms with Crippen LogP contribution in [0.15, 0.2) is 30.7 Å². The Labute approximate surface area is 180 Å². The van der Waals surface area contributed by atoms with Crippen LogP contribution >= 0.6 is 0 Å². The van der Waals surface area contributed by atoms with Crippen molar-refractivity contribution in [2.75, 3.05) is 18.0 Å². The van der Waals surface area contributed by atoms with Crippen LogP contribution in [0, 0.1) is 0 Å². The van der Waals surface area contributed by atoms with Crippen molar-refractivity contribution in [3.8, 4) is 11.5 Å². The number of aryl methyl sites for hydroxylation is 1. The molecule has 0 aliphatic carbocycles. The van der Waals surface area contributed by atoms with Crippen molar-refractivity contribution in [3.63, 3.8) is 0 Å². The van der Waals surface area contributed by atoms with Gasteiger partial charge in [0.2, 0.25) is 0 Å². The van der Waals surface area contributed by atoms with Gasteiger partial charge in [-0.3, -0.25) is 9.78 Å². The average Bonchev–Trinajstić information content (AvgIpc) is 3.50. The number of rotatable bonds is 4. The Morgan fingerprint density at radius 3 is 2.84 bits per heavy atom. The Kier molecular flexibility index (Phi) is 4.89. The lowest BCUT2D eigenvalue weighted by molar-refractivity contribution is 0.574. The molecule has 8 nitrogen and oxygen atoms in total. The number of aromatic nitrogens is 7. The summed E-state index contributed by atoms with van der Waals surface area (Å²) in [6.07, 6.45) is 13.4. The van der Waals surface area contributed by atoms with E-state index in [0.717, 1.165) is 57.3 Å². The molecule has 8 heteroatoms. The van der Waals surface area contributed by atoms with Crippen LogP contribution in [-0.2, 0) is 7.05 Å². The van der Waals surface area contributed by atoms with Crippen LogP contribution in [0.4, 0.5) is 5.82 Å². The van der Waals surface area contributed by atoms with E-state index in [9.17, 15) is 0 Å². The van der Waals surface area contributed by atoms with E-state index in [0.29, 0.717) is 5.82 Å². The van der Waals surface area contributed by atoms with Gasteiger partial charge in [0.1, 0.15) is 11.2 Å². The van der Waals surface area contributed by atoms with E-state index in [-0.39, 0.29) is 0 Å². The van der Waals surface area contributed by atoms with E-state index in [4.69, 9.17) is 4.98 Å². The van der Waals surface area contributed by atoms with Crippen LogP contribution < -0.4 is 15.5 Å². The predicted octanol–water partition coefficient (Wildman–Crippen LogP) is 2.37. The minimum absolute atomic E-state index is 0.704. The highest BCUT2D eigenvalue weighted by Gasteiger charge is 2.18. The number of imidazole rings is 1. The molecule has 4 aromatic heterocycles. The Hall–Kier alpha value is -3.68. The maximum Gasteiger partial charge on any atom is 0.159 e. The van der Waals surface area contributed by atoms with Crippen LogP contribution in [0.5, 0.6) is 0 Å². The molecule has 5 heterocycles. The molecule has 5 rings (SSSR count). The minimum atomic E-state index is 0.704. The van der Waals surface area contributed by atoms with Gasteiger partial charge in [-0.2, -0.15) is 10.2 Å². The highest BCUT2D eigenvalue weighted by atomic mass is 15.2. The summed E-state index contributed by atoms with van der Waals surface area (Å²) < 4.78 is 1.79. The monoisotopic (exact) mass is 414 g/mol. The molecule has 0 atom stereocenters. The van der Waals surface area contributed by atoms with Crippen molar-refractivity contribution < 1.29 is 0 Å². The number of fused-ring (bicyclic) bond motifs is 1. The van der Waals surface area contributed by atoms with Gasteiger partial charge in [-0.1, -0.05) is 12.7 Å². The SMILES string of the molecule is C=c1c(-c2nc3c(N4CCCCC4)nccc3[nH]2)n[nH]/c1=C/C=C(\C)c1cnn(C)c1. The van der Waals surface area contributed by atoms with Crippen LogP contribution in [0.2, 0.25) is 0 Å². The van der Waals surface area contributed by atoms with Gasteiger partial charge in [0, 0.05) is 43.3 Å². The zero-order valence-corrected chi connectivity index (χ0v) is 17.9. The number of piperidine rings is 1. The molecule has 0 radical (unpaired) electrons. The van der Waals surface area contributed by atoms with E-state index < -0.39 is 0 Å². The van der Waals surface area contributed by atoms with Crippen molar-refractivity contribution in [1.82, 2.24) is 34.9 Å². The van der Waals surface area contributed by atoms with Crippen molar-refractivity contribution in [2.24, 2.45) is 7.05 Å². The normalized spacial score (nSPS) is 15.9. The topological polar surface area (TPSA) is 91.3 Å². The number of H-pyrrole nitrogens is 2. The molecule has 0 saturated carbocycles. The molecule has 1 aliphatic heterocycles. The molecular formula is C23H26N8. The zero-order valence-electron chi connectivity index (χ0n) is 17.9. The third-order valence-electron chi connectivity index (χ3n) is 5.82. The summed E-state index contributed by atoms with van der Waals surface area (Å²) in [5, 5.41) is 13.5. The van der Waals surface area contributed by atoms with Crippen LogP contribution in [0.1, 0.15) is 31.7 Å². The van der Waals surface area contributed by atoms with Gasteiger partial charge < -0.3 is 9.88 Å². The summed E-state index contributed by atoms with van der Waals surface area (Å²) in [6.45, 7) is 8.35. The molecule has 31 heavy (non-hydrogen) atoms. The fourth-order valence-corrected chi connectivity index (χ4v) is 4.01. The van der Waals surface area contributed by atoms with Crippen molar-refractivity contribution in [1.29, 1.82) is 0 Å². The molecule has 158 valence electrons. The van der Waals surface area contributed by atoms with Gasteiger partial charge >= 0.3 is 0 Å². The number of nitrogens with one attached hydrogen (secondary N) is 2. The summed E-state index contributed by atoms with van der Waals surface area (Å²) in [5.41, 5.74) is 4.77. The maximum atomic E-state index is 4.86. The summed E-state index contributed by atoms with van der Waals surface area (Å²) in [7, 11) is 1.91. The molecule has 1 aliphatic rings. The van der Waals surface area contributed by atoms with Crippen molar-refractivity contribution in [3.05, 3.63) is 46.9 Å². The maximum absolute atomic E-state index is 4.86. The largest absolute Gasteiger partial charge is 0.355 e. The fourth-order valence-electron chi connectivity index (χ4n) is 4.01. The molecule has 0 bridgehead atoms. The van der Waals surface area contributed by atoms with Gasteiger partial charge in [-0.05, 0) is 43.9 Å². The first kappa shape index (κ1) is 19.3. The highest BCUT2D eigenvalue weighted by Crippen LogP contribution is 2.26. The van der Waals surface area contributed by atoms with Gasteiger partial charge in [0.05, 0.1) is 17.1 Å². The van der Waals surface area contributed by atoms with Crippen LogP contribution in [0.3, 0.4) is 0 Å². The first-order chi connectivity index (χ1) is 15.1. The Morgan fingerprint density at radius 1 is 1.23 bits per heavy atom. The fraction of sp³-hybridized carbons (Fsp3) is 0.304. The smallest absolute Gasteiger partial charge is 0.159 e. The second kappa shape index (κ2) is 7.86. The minimum Gasteiger partial charge on any atom is -0.355 e. The lowest BCUT2D eigenvalue weighted by Crippen LogP contribution is -2.30. The quantitative estimate of drug-likeness (QED) is 0.535. The third-order valence-corrected chi connectivity index (χ3v) is 5.82. The first-order valence-electron chi connectivity index (χ1n) is 10.6. The number of allylic oxidation sites excluding steroid dienone is 2. The van der Waals surface area contributed by atoms with Crippen molar-refractivity contribution >= 4 is 35.1 Å².